The van der Waals surface area contributed by atoms with E-state index in [9.17, 15) is 0 Å². The van der Waals surface area contributed by atoms with E-state index in [0.29, 0.717) is 0 Å². The third-order valence-electron chi connectivity index (χ3n) is 3.32. The van der Waals surface area contributed by atoms with Crippen molar-refractivity contribution in [3.63, 3.8) is 0 Å². The smallest absolute Gasteiger partial charge is 0.0178 e. The first-order valence-corrected chi connectivity index (χ1v) is 6.56. The molecule has 0 aliphatic heterocycles. The Morgan fingerprint density at radius 3 is 3.00 bits per heavy atom. The second kappa shape index (κ2) is 5.13. The Morgan fingerprint density at radius 2 is 2.20 bits per heavy atom. The summed E-state index contributed by atoms with van der Waals surface area (Å²) in [6, 6.07) is 6.70. The Bertz CT molecular complexity index is 335. The Labute approximate surface area is 100 Å². The zero-order valence-electron chi connectivity index (χ0n) is 9.01. The van der Waals surface area contributed by atoms with Gasteiger partial charge in [0.05, 0.1) is 0 Å². The van der Waals surface area contributed by atoms with E-state index in [1.54, 1.807) is 5.56 Å². The second-order valence-corrected chi connectivity index (χ2v) is 5.37. The Kier molecular flexibility index (Phi) is 3.81. The van der Waals surface area contributed by atoms with Crippen molar-refractivity contribution >= 4 is 15.9 Å². The summed E-state index contributed by atoms with van der Waals surface area (Å²) in [6.07, 6.45) is 6.30. The summed E-state index contributed by atoms with van der Waals surface area (Å²) in [5.74, 6) is 0.863. The van der Waals surface area contributed by atoms with E-state index in [-0.39, 0.29) is 0 Å². The first kappa shape index (κ1) is 11.2. The molecule has 15 heavy (non-hydrogen) atoms. The van der Waals surface area contributed by atoms with Gasteiger partial charge in [0, 0.05) is 4.47 Å². The summed E-state index contributed by atoms with van der Waals surface area (Å²) in [5.41, 5.74) is 8.64. The summed E-state index contributed by atoms with van der Waals surface area (Å²) in [4.78, 5) is 0. The SMILES string of the molecule is NCCCC1CCc2cc(Br)ccc2C1. The number of nitrogens with two attached hydrogens (primary N) is 1. The molecule has 2 heteroatoms. The lowest BCUT2D eigenvalue weighted by atomic mass is 9.82. The lowest BCUT2D eigenvalue weighted by molar-refractivity contribution is 0.417. The van der Waals surface area contributed by atoms with E-state index in [0.717, 1.165) is 12.5 Å². The molecule has 2 N–H and O–H groups in total. The lowest BCUT2D eigenvalue weighted by Gasteiger charge is -2.24. The molecule has 1 aliphatic rings. The normalized spacial score (nSPS) is 20.0. The average molecular weight is 268 g/mol. The maximum atomic E-state index is 5.55. The maximum Gasteiger partial charge on any atom is 0.0178 e. The number of fused-ring (bicyclic) bond motifs is 1. The van der Waals surface area contributed by atoms with E-state index in [4.69, 9.17) is 5.73 Å². The molecule has 0 saturated carbocycles. The van der Waals surface area contributed by atoms with Crippen LogP contribution >= 0.6 is 15.9 Å². The highest BCUT2D eigenvalue weighted by Crippen LogP contribution is 2.29. The van der Waals surface area contributed by atoms with Crippen molar-refractivity contribution in [2.75, 3.05) is 6.54 Å². The van der Waals surface area contributed by atoms with E-state index >= 15 is 0 Å². The molecule has 1 aromatic rings. The molecule has 0 radical (unpaired) electrons. The van der Waals surface area contributed by atoms with Crippen LogP contribution in [-0.4, -0.2) is 6.54 Å². The average Bonchev–Trinajstić information content (AvgIpc) is 2.26. The predicted octanol–water partition coefficient (Wildman–Crippen LogP) is 3.29. The van der Waals surface area contributed by atoms with Gasteiger partial charge in [-0.3, -0.25) is 0 Å². The van der Waals surface area contributed by atoms with Crippen molar-refractivity contribution in [1.82, 2.24) is 0 Å². The minimum Gasteiger partial charge on any atom is -0.330 e. The monoisotopic (exact) mass is 267 g/mol. The molecule has 1 nitrogen and oxygen atoms in total. The molecule has 2 rings (SSSR count). The molecule has 0 bridgehead atoms. The topological polar surface area (TPSA) is 26.0 Å². The van der Waals surface area contributed by atoms with Crippen LogP contribution in [-0.2, 0) is 12.8 Å². The molecular formula is C13H18BrN. The first-order valence-electron chi connectivity index (χ1n) is 5.77. The number of aryl methyl sites for hydroxylation is 1. The van der Waals surface area contributed by atoms with Gasteiger partial charge in [-0.2, -0.15) is 0 Å². The Morgan fingerprint density at radius 1 is 1.33 bits per heavy atom. The fourth-order valence-corrected chi connectivity index (χ4v) is 2.86. The van der Waals surface area contributed by atoms with Gasteiger partial charge in [-0.15, -0.1) is 0 Å². The van der Waals surface area contributed by atoms with Crippen LogP contribution in [0.3, 0.4) is 0 Å². The number of halogens is 1. The maximum absolute atomic E-state index is 5.55. The van der Waals surface area contributed by atoms with Crippen LogP contribution < -0.4 is 5.73 Å². The van der Waals surface area contributed by atoms with Crippen molar-refractivity contribution in [2.45, 2.75) is 32.1 Å². The van der Waals surface area contributed by atoms with E-state index in [1.807, 2.05) is 0 Å². The van der Waals surface area contributed by atoms with E-state index in [1.165, 1.54) is 42.1 Å². The van der Waals surface area contributed by atoms with Crippen molar-refractivity contribution in [1.29, 1.82) is 0 Å². The minimum absolute atomic E-state index is 0.837. The van der Waals surface area contributed by atoms with Gasteiger partial charge in [-0.1, -0.05) is 22.0 Å². The zero-order chi connectivity index (χ0) is 10.7. The van der Waals surface area contributed by atoms with Gasteiger partial charge in [0.2, 0.25) is 0 Å². The van der Waals surface area contributed by atoms with Crippen LogP contribution in [0.15, 0.2) is 22.7 Å². The Hall–Kier alpha value is -0.340. The summed E-state index contributed by atoms with van der Waals surface area (Å²) >= 11 is 3.53. The minimum atomic E-state index is 0.837. The third kappa shape index (κ3) is 2.82. The number of hydrogen-bond acceptors (Lipinski definition) is 1. The molecule has 0 amide bonds. The molecular weight excluding hydrogens is 250 g/mol. The number of benzene rings is 1. The van der Waals surface area contributed by atoms with Crippen LogP contribution in [0.4, 0.5) is 0 Å². The zero-order valence-corrected chi connectivity index (χ0v) is 10.6. The molecule has 0 heterocycles. The first-order chi connectivity index (χ1) is 7.29. The summed E-state index contributed by atoms with van der Waals surface area (Å²) in [7, 11) is 0. The number of rotatable bonds is 3. The van der Waals surface area contributed by atoms with E-state index in [2.05, 4.69) is 34.1 Å². The van der Waals surface area contributed by atoms with Crippen LogP contribution in [0, 0.1) is 5.92 Å². The molecule has 1 aliphatic carbocycles. The highest BCUT2D eigenvalue weighted by molar-refractivity contribution is 9.10. The second-order valence-electron chi connectivity index (χ2n) is 4.45. The van der Waals surface area contributed by atoms with Crippen LogP contribution in [0.25, 0.3) is 0 Å². The highest BCUT2D eigenvalue weighted by Gasteiger charge is 2.17. The fraction of sp³-hybridized carbons (Fsp3) is 0.538. The van der Waals surface area contributed by atoms with Gasteiger partial charge in [0.1, 0.15) is 0 Å². The van der Waals surface area contributed by atoms with E-state index < -0.39 is 0 Å². The predicted molar refractivity (Wildman–Crippen MR) is 67.9 cm³/mol. The summed E-state index contributed by atoms with van der Waals surface area (Å²) in [6.45, 7) is 0.837. The van der Waals surface area contributed by atoms with Crippen LogP contribution in [0.2, 0.25) is 0 Å². The lowest BCUT2D eigenvalue weighted by Crippen LogP contribution is -2.15. The van der Waals surface area contributed by atoms with Crippen molar-refractivity contribution in [3.8, 4) is 0 Å². The van der Waals surface area contributed by atoms with Crippen LogP contribution in [0.5, 0.6) is 0 Å². The van der Waals surface area contributed by atoms with Gasteiger partial charge in [0.15, 0.2) is 0 Å². The molecule has 1 atom stereocenters. The van der Waals surface area contributed by atoms with Gasteiger partial charge < -0.3 is 5.73 Å². The molecule has 0 saturated heterocycles. The van der Waals surface area contributed by atoms with Crippen molar-refractivity contribution < 1.29 is 0 Å². The van der Waals surface area contributed by atoms with Crippen molar-refractivity contribution in [2.24, 2.45) is 11.7 Å². The summed E-state index contributed by atoms with van der Waals surface area (Å²) in [5, 5.41) is 0. The molecule has 0 fully saturated rings. The molecule has 0 aromatic heterocycles. The molecule has 1 unspecified atom stereocenters. The van der Waals surface area contributed by atoms with Gasteiger partial charge in [-0.25, -0.2) is 0 Å². The van der Waals surface area contributed by atoms with Gasteiger partial charge in [-0.05, 0) is 67.8 Å². The third-order valence-corrected chi connectivity index (χ3v) is 3.81. The Balaban J connectivity index is 2.03. The van der Waals surface area contributed by atoms with Crippen LogP contribution in [0.1, 0.15) is 30.4 Å². The van der Waals surface area contributed by atoms with Gasteiger partial charge >= 0.3 is 0 Å². The summed E-state index contributed by atoms with van der Waals surface area (Å²) < 4.78 is 1.21. The largest absolute Gasteiger partial charge is 0.330 e. The molecule has 82 valence electrons. The fourth-order valence-electron chi connectivity index (χ4n) is 2.45. The quantitative estimate of drug-likeness (QED) is 0.894. The van der Waals surface area contributed by atoms with Gasteiger partial charge in [0.25, 0.3) is 0 Å². The molecule has 1 aromatic carbocycles. The standard InChI is InChI=1S/C13H18BrN/c14-13-6-5-11-8-10(2-1-7-15)3-4-12(11)9-13/h5-6,9-10H,1-4,7-8,15H2. The molecule has 0 spiro atoms. The number of hydrogen-bond donors (Lipinski definition) is 1. The van der Waals surface area contributed by atoms with Crippen molar-refractivity contribution in [3.05, 3.63) is 33.8 Å². The highest BCUT2D eigenvalue weighted by atomic mass is 79.9.